The largest absolute Gasteiger partial charge is 0.491 e. The van der Waals surface area contributed by atoms with Crippen LogP contribution >= 0.6 is 22.6 Å². The monoisotopic (exact) mass is 434 g/mol. The summed E-state index contributed by atoms with van der Waals surface area (Å²) in [5, 5.41) is 0. The lowest BCUT2D eigenvalue weighted by Gasteiger charge is -2.09. The Hall–Kier alpha value is -1.32. The first-order valence-electron chi connectivity index (χ1n) is 6.43. The third-order valence-electron chi connectivity index (χ3n) is 2.67. The van der Waals surface area contributed by atoms with E-state index in [0.717, 1.165) is 3.57 Å². The Kier molecular flexibility index (Phi) is 6.04. The van der Waals surface area contributed by atoms with Gasteiger partial charge in [0.05, 0.1) is 6.61 Å². The van der Waals surface area contributed by atoms with E-state index in [0.29, 0.717) is 19.0 Å². The molecule has 0 aromatic heterocycles. The summed E-state index contributed by atoms with van der Waals surface area (Å²) in [5.74, 6) is 0.859. The minimum atomic E-state index is -3.86. The van der Waals surface area contributed by atoms with Crippen molar-refractivity contribution in [2.24, 2.45) is 0 Å². The Morgan fingerprint density at radius 1 is 1.00 bits per heavy atom. The average molecular weight is 434 g/mol. The van der Waals surface area contributed by atoms with Crippen LogP contribution in [0.25, 0.3) is 0 Å². The van der Waals surface area contributed by atoms with E-state index >= 15 is 0 Å². The predicted octanol–water partition coefficient (Wildman–Crippen LogP) is 3.08. The second-order valence-electron chi connectivity index (χ2n) is 4.31. The highest BCUT2D eigenvalue weighted by Crippen LogP contribution is 2.22. The fraction of sp³-hybridized carbons (Fsp3) is 0.200. The highest BCUT2D eigenvalue weighted by molar-refractivity contribution is 14.1. The van der Waals surface area contributed by atoms with Gasteiger partial charge in [-0.25, -0.2) is 0 Å². The average Bonchev–Trinajstić information content (AvgIpc) is 2.47. The number of methoxy groups -OCH3 is 1. The zero-order valence-corrected chi connectivity index (χ0v) is 14.8. The number of hydrogen-bond acceptors (Lipinski definition) is 5. The summed E-state index contributed by atoms with van der Waals surface area (Å²) in [6.45, 7) is 0.872. The van der Waals surface area contributed by atoms with Gasteiger partial charge < -0.3 is 13.7 Å². The van der Waals surface area contributed by atoms with Crippen molar-refractivity contribution in [3.63, 3.8) is 0 Å². The predicted molar refractivity (Wildman–Crippen MR) is 90.8 cm³/mol. The van der Waals surface area contributed by atoms with E-state index in [1.165, 1.54) is 12.1 Å². The Bertz CT molecular complexity index is 713. The highest BCUT2D eigenvalue weighted by atomic mass is 127. The van der Waals surface area contributed by atoms with Gasteiger partial charge in [-0.15, -0.1) is 0 Å². The summed E-state index contributed by atoms with van der Waals surface area (Å²) >= 11 is 2.09. The Balaban J connectivity index is 2.09. The molecule has 0 amide bonds. The van der Waals surface area contributed by atoms with Crippen LogP contribution in [-0.4, -0.2) is 28.7 Å². The van der Waals surface area contributed by atoms with Crippen LogP contribution in [0.1, 0.15) is 0 Å². The van der Waals surface area contributed by atoms with Crippen molar-refractivity contribution in [1.29, 1.82) is 0 Å². The summed E-state index contributed by atoms with van der Waals surface area (Å²) in [4.78, 5) is 0.0745. The Morgan fingerprint density at radius 3 is 2.36 bits per heavy atom. The topological polar surface area (TPSA) is 61.8 Å². The molecule has 0 aliphatic heterocycles. The van der Waals surface area contributed by atoms with Gasteiger partial charge in [0.15, 0.2) is 0 Å². The molecular weight excluding hydrogens is 419 g/mol. The molecule has 118 valence electrons. The normalized spacial score (nSPS) is 11.2. The molecule has 0 fully saturated rings. The van der Waals surface area contributed by atoms with Crippen LogP contribution < -0.4 is 8.92 Å². The van der Waals surface area contributed by atoms with Crippen LogP contribution in [0.3, 0.4) is 0 Å². The molecule has 2 aromatic rings. The van der Waals surface area contributed by atoms with Gasteiger partial charge in [0.25, 0.3) is 0 Å². The lowest BCUT2D eigenvalue weighted by molar-refractivity contribution is 0.146. The molecule has 0 aliphatic rings. The zero-order valence-electron chi connectivity index (χ0n) is 11.9. The maximum Gasteiger partial charge on any atom is 0.339 e. The van der Waals surface area contributed by atoms with Crippen LogP contribution in [-0.2, 0) is 14.9 Å². The molecule has 5 nitrogen and oxygen atoms in total. The lowest BCUT2D eigenvalue weighted by atomic mass is 10.3. The van der Waals surface area contributed by atoms with Crippen molar-refractivity contribution in [2.75, 3.05) is 20.3 Å². The van der Waals surface area contributed by atoms with Crippen molar-refractivity contribution in [2.45, 2.75) is 4.90 Å². The standard InChI is InChI=1S/C15H15IO5S/c1-19-9-10-20-13-5-7-15(8-6-13)22(17,18)21-14-4-2-3-12(16)11-14/h2-8,11H,9-10H2,1H3. The van der Waals surface area contributed by atoms with E-state index in [2.05, 4.69) is 22.6 Å². The zero-order chi connectivity index (χ0) is 16.0. The molecule has 22 heavy (non-hydrogen) atoms. The van der Waals surface area contributed by atoms with Gasteiger partial charge in [-0.3, -0.25) is 0 Å². The minimum absolute atomic E-state index is 0.0745. The maximum atomic E-state index is 12.2. The molecule has 7 heteroatoms. The van der Waals surface area contributed by atoms with Gasteiger partial charge >= 0.3 is 10.1 Å². The molecule has 0 atom stereocenters. The van der Waals surface area contributed by atoms with Crippen LogP contribution in [0.15, 0.2) is 53.4 Å². The molecule has 0 saturated heterocycles. The molecule has 0 spiro atoms. The smallest absolute Gasteiger partial charge is 0.339 e. The van der Waals surface area contributed by atoms with Crippen molar-refractivity contribution in [1.82, 2.24) is 0 Å². The van der Waals surface area contributed by atoms with E-state index in [4.69, 9.17) is 13.7 Å². The molecule has 2 rings (SSSR count). The van der Waals surface area contributed by atoms with Gasteiger partial charge in [-0.2, -0.15) is 8.42 Å². The van der Waals surface area contributed by atoms with Crippen LogP contribution in [0.4, 0.5) is 0 Å². The Morgan fingerprint density at radius 2 is 1.73 bits per heavy atom. The molecule has 0 radical (unpaired) electrons. The first-order chi connectivity index (χ1) is 10.5. The van der Waals surface area contributed by atoms with Crippen LogP contribution in [0, 0.1) is 3.57 Å². The van der Waals surface area contributed by atoms with Crippen molar-refractivity contribution >= 4 is 32.7 Å². The van der Waals surface area contributed by atoms with E-state index in [-0.39, 0.29) is 10.6 Å². The lowest BCUT2D eigenvalue weighted by Crippen LogP contribution is -2.10. The molecule has 0 saturated carbocycles. The number of hydrogen-bond donors (Lipinski definition) is 0. The van der Waals surface area contributed by atoms with Crippen LogP contribution in [0.5, 0.6) is 11.5 Å². The third kappa shape index (κ3) is 4.85. The summed E-state index contributed by atoms with van der Waals surface area (Å²) in [7, 11) is -2.27. The van der Waals surface area contributed by atoms with Crippen LogP contribution in [0.2, 0.25) is 0 Å². The fourth-order valence-electron chi connectivity index (χ4n) is 1.64. The fourth-order valence-corrected chi connectivity index (χ4v) is 3.08. The first-order valence-corrected chi connectivity index (χ1v) is 8.92. The Labute approximate surface area is 143 Å². The first kappa shape index (κ1) is 17.0. The number of rotatable bonds is 7. The molecule has 0 aliphatic carbocycles. The molecular formula is C15H15IO5S. The molecule has 0 N–H and O–H groups in total. The van der Waals surface area contributed by atoms with E-state index in [1.807, 2.05) is 6.07 Å². The summed E-state index contributed by atoms with van der Waals surface area (Å²) < 4.78 is 40.7. The third-order valence-corrected chi connectivity index (χ3v) is 4.60. The second-order valence-corrected chi connectivity index (χ2v) is 7.10. The summed E-state index contributed by atoms with van der Waals surface area (Å²) in [5.41, 5.74) is 0. The van der Waals surface area contributed by atoms with Gasteiger partial charge in [-0.1, -0.05) is 6.07 Å². The molecule has 2 aromatic carbocycles. The summed E-state index contributed by atoms with van der Waals surface area (Å²) in [6, 6.07) is 12.9. The van der Waals surface area contributed by atoms with E-state index in [1.54, 1.807) is 37.4 Å². The quantitative estimate of drug-likeness (QED) is 0.381. The maximum absolute atomic E-state index is 12.2. The number of halogens is 1. The number of ether oxygens (including phenoxy) is 2. The van der Waals surface area contributed by atoms with Gasteiger partial charge in [-0.05, 0) is 65.1 Å². The minimum Gasteiger partial charge on any atom is -0.491 e. The van der Waals surface area contributed by atoms with Gasteiger partial charge in [0.2, 0.25) is 0 Å². The number of benzene rings is 2. The van der Waals surface area contributed by atoms with Crippen molar-refractivity contribution in [3.05, 3.63) is 52.1 Å². The molecule has 0 bridgehead atoms. The molecule has 0 unspecified atom stereocenters. The van der Waals surface area contributed by atoms with E-state index in [9.17, 15) is 8.42 Å². The second kappa shape index (κ2) is 7.80. The van der Waals surface area contributed by atoms with Crippen molar-refractivity contribution in [3.8, 4) is 11.5 Å². The highest BCUT2D eigenvalue weighted by Gasteiger charge is 2.16. The SMILES string of the molecule is COCCOc1ccc(S(=O)(=O)Oc2cccc(I)c2)cc1. The molecule has 0 heterocycles. The van der Waals surface area contributed by atoms with E-state index < -0.39 is 10.1 Å². The van der Waals surface area contributed by atoms with Gasteiger partial charge in [0.1, 0.15) is 23.0 Å². The summed E-state index contributed by atoms with van der Waals surface area (Å²) in [6.07, 6.45) is 0. The van der Waals surface area contributed by atoms with Crippen molar-refractivity contribution < 1.29 is 22.1 Å². The van der Waals surface area contributed by atoms with Gasteiger partial charge in [0, 0.05) is 10.7 Å².